The van der Waals surface area contributed by atoms with E-state index in [4.69, 9.17) is 9.84 Å². The van der Waals surface area contributed by atoms with Crippen molar-refractivity contribution in [2.75, 3.05) is 26.2 Å². The van der Waals surface area contributed by atoms with Crippen LogP contribution in [0, 0.1) is 5.92 Å². The topological polar surface area (TPSA) is 82.9 Å². The molecule has 2 unspecified atom stereocenters. The molecule has 1 fully saturated rings. The molecular weight excluding hydrogens is 308 g/mol. The number of carbonyl (C=O) groups is 1. The molecule has 24 heavy (non-hydrogen) atoms. The molecule has 3 rings (SSSR count). The molecule has 1 aromatic heterocycles. The van der Waals surface area contributed by atoms with Gasteiger partial charge < -0.3 is 14.9 Å². The molecule has 2 aromatic rings. The highest BCUT2D eigenvalue weighted by molar-refractivity contribution is 5.84. The molecule has 1 aliphatic rings. The maximum absolute atomic E-state index is 11.1. The molecular formula is C18H22N2O4. The molecule has 2 N–H and O–H groups in total. The van der Waals surface area contributed by atoms with E-state index in [1.54, 1.807) is 6.20 Å². The highest BCUT2D eigenvalue weighted by Gasteiger charge is 2.26. The smallest absolute Gasteiger partial charge is 0.307 e. The summed E-state index contributed by atoms with van der Waals surface area (Å²) in [6, 6.07) is 9.44. The number of aliphatic carboxylic acids is 1. The number of ether oxygens (including phenoxy) is 1. The fourth-order valence-corrected chi connectivity index (χ4v) is 3.16. The Balaban J connectivity index is 1.55. The Morgan fingerprint density at radius 2 is 2.25 bits per heavy atom. The van der Waals surface area contributed by atoms with Gasteiger partial charge in [0.2, 0.25) is 0 Å². The molecule has 2 atom stereocenters. The molecule has 6 nitrogen and oxygen atoms in total. The zero-order valence-electron chi connectivity index (χ0n) is 13.5. The van der Waals surface area contributed by atoms with Crippen molar-refractivity contribution in [3.8, 4) is 5.75 Å². The minimum atomic E-state index is -0.756. The van der Waals surface area contributed by atoms with Gasteiger partial charge in [0.1, 0.15) is 18.5 Å². The first-order valence-corrected chi connectivity index (χ1v) is 8.23. The van der Waals surface area contributed by atoms with Crippen LogP contribution in [0.4, 0.5) is 0 Å². The van der Waals surface area contributed by atoms with Crippen LogP contribution in [0.1, 0.15) is 12.8 Å². The highest BCUT2D eigenvalue weighted by Crippen LogP contribution is 2.24. The Labute approximate surface area is 140 Å². The van der Waals surface area contributed by atoms with Crippen molar-refractivity contribution < 1.29 is 19.7 Å². The van der Waals surface area contributed by atoms with Gasteiger partial charge in [0.15, 0.2) is 0 Å². The lowest BCUT2D eigenvalue weighted by molar-refractivity contribution is -0.143. The summed E-state index contributed by atoms with van der Waals surface area (Å²) in [5.74, 6) is -0.397. The number of rotatable bonds is 6. The van der Waals surface area contributed by atoms with Crippen LogP contribution in [-0.2, 0) is 4.79 Å². The quantitative estimate of drug-likeness (QED) is 0.840. The number of fused-ring (bicyclic) bond motifs is 1. The Morgan fingerprint density at radius 3 is 3.08 bits per heavy atom. The summed E-state index contributed by atoms with van der Waals surface area (Å²) in [4.78, 5) is 17.4. The van der Waals surface area contributed by atoms with Gasteiger partial charge in [-0.25, -0.2) is 0 Å². The fraction of sp³-hybridized carbons (Fsp3) is 0.444. The minimum absolute atomic E-state index is 0.169. The van der Waals surface area contributed by atoms with Gasteiger partial charge in [-0.2, -0.15) is 0 Å². The summed E-state index contributed by atoms with van der Waals surface area (Å²) in [5.41, 5.74) is 0.852. The van der Waals surface area contributed by atoms with E-state index in [9.17, 15) is 9.90 Å². The van der Waals surface area contributed by atoms with Gasteiger partial charge in [0.05, 0.1) is 11.4 Å². The third kappa shape index (κ3) is 4.01. The second-order valence-corrected chi connectivity index (χ2v) is 6.23. The average Bonchev–Trinajstić information content (AvgIpc) is 2.60. The molecule has 0 saturated carbocycles. The number of aliphatic hydroxyl groups excluding tert-OH is 1. The number of nitrogens with zero attached hydrogens (tertiary/aromatic N) is 2. The van der Waals surface area contributed by atoms with E-state index >= 15 is 0 Å². The Kier molecular flexibility index (Phi) is 5.27. The number of piperidine rings is 1. The van der Waals surface area contributed by atoms with Crippen LogP contribution < -0.4 is 4.74 Å². The summed E-state index contributed by atoms with van der Waals surface area (Å²) in [6.07, 6.45) is 2.63. The largest absolute Gasteiger partial charge is 0.490 e. The number of hydrogen-bond acceptors (Lipinski definition) is 5. The number of benzene rings is 1. The molecule has 0 amide bonds. The zero-order chi connectivity index (χ0) is 16.9. The van der Waals surface area contributed by atoms with Gasteiger partial charge in [0.25, 0.3) is 0 Å². The third-order valence-corrected chi connectivity index (χ3v) is 4.36. The number of likely N-dealkylation sites (tertiary alicyclic amines) is 1. The Hall–Kier alpha value is -2.18. The van der Waals surface area contributed by atoms with Crippen molar-refractivity contribution in [3.63, 3.8) is 0 Å². The second kappa shape index (κ2) is 7.59. The summed E-state index contributed by atoms with van der Waals surface area (Å²) in [5, 5.41) is 20.3. The van der Waals surface area contributed by atoms with Gasteiger partial charge >= 0.3 is 5.97 Å². The van der Waals surface area contributed by atoms with E-state index in [1.165, 1.54) is 0 Å². The monoisotopic (exact) mass is 330 g/mol. The fourth-order valence-electron chi connectivity index (χ4n) is 3.16. The summed E-state index contributed by atoms with van der Waals surface area (Å²) >= 11 is 0. The number of carboxylic acid groups (broad SMARTS) is 1. The Bertz CT molecular complexity index is 701. The van der Waals surface area contributed by atoms with E-state index in [-0.39, 0.29) is 12.5 Å². The van der Waals surface area contributed by atoms with Crippen molar-refractivity contribution in [1.82, 2.24) is 9.88 Å². The summed E-state index contributed by atoms with van der Waals surface area (Å²) < 4.78 is 5.76. The van der Waals surface area contributed by atoms with E-state index in [2.05, 4.69) is 4.98 Å². The normalized spacial score (nSPS) is 20.0. The summed E-state index contributed by atoms with van der Waals surface area (Å²) in [6.45, 7) is 1.90. The van der Waals surface area contributed by atoms with Crippen LogP contribution in [0.2, 0.25) is 0 Å². The van der Waals surface area contributed by atoms with Gasteiger partial charge in [0, 0.05) is 24.7 Å². The number of pyridine rings is 1. The summed E-state index contributed by atoms with van der Waals surface area (Å²) in [7, 11) is 0. The SMILES string of the molecule is O=C(O)C1CCCN(CC(O)COc2cccc3ncccc23)C1. The second-order valence-electron chi connectivity index (χ2n) is 6.23. The van der Waals surface area contributed by atoms with E-state index in [0.717, 1.165) is 23.9 Å². The number of aromatic nitrogens is 1. The molecule has 1 aromatic carbocycles. The molecule has 0 spiro atoms. The van der Waals surface area contributed by atoms with Gasteiger partial charge in [-0.3, -0.25) is 14.7 Å². The number of aliphatic hydroxyl groups is 1. The lowest BCUT2D eigenvalue weighted by Crippen LogP contribution is -2.43. The van der Waals surface area contributed by atoms with Crippen LogP contribution in [0.5, 0.6) is 5.75 Å². The molecule has 128 valence electrons. The Morgan fingerprint density at radius 1 is 1.38 bits per heavy atom. The first kappa shape index (κ1) is 16.7. The van der Waals surface area contributed by atoms with Crippen LogP contribution >= 0.6 is 0 Å². The maximum atomic E-state index is 11.1. The molecule has 0 bridgehead atoms. The van der Waals surface area contributed by atoms with Gasteiger partial charge in [-0.05, 0) is 43.7 Å². The maximum Gasteiger partial charge on any atom is 0.307 e. The first-order valence-electron chi connectivity index (χ1n) is 8.23. The standard InChI is InChI=1S/C18H22N2O4/c21-14(11-20-9-3-4-13(10-20)18(22)23)12-24-17-7-1-6-16-15(17)5-2-8-19-16/h1-2,5-8,13-14,21H,3-4,9-12H2,(H,22,23). The number of hydrogen-bond donors (Lipinski definition) is 2. The molecule has 2 heterocycles. The molecule has 6 heteroatoms. The zero-order valence-corrected chi connectivity index (χ0v) is 13.5. The van der Waals surface area contributed by atoms with Crippen molar-refractivity contribution in [2.24, 2.45) is 5.92 Å². The first-order chi connectivity index (χ1) is 11.6. The van der Waals surface area contributed by atoms with E-state index < -0.39 is 12.1 Å². The predicted octanol–water partition coefficient (Wildman–Crippen LogP) is 1.77. The van der Waals surface area contributed by atoms with Crippen LogP contribution in [0.25, 0.3) is 10.9 Å². The van der Waals surface area contributed by atoms with Crippen molar-refractivity contribution in [1.29, 1.82) is 0 Å². The molecule has 0 radical (unpaired) electrons. The van der Waals surface area contributed by atoms with Crippen LogP contribution in [-0.4, -0.2) is 58.4 Å². The van der Waals surface area contributed by atoms with Crippen LogP contribution in [0.15, 0.2) is 36.5 Å². The van der Waals surface area contributed by atoms with E-state index in [1.807, 2.05) is 35.2 Å². The predicted molar refractivity (Wildman–Crippen MR) is 90.0 cm³/mol. The van der Waals surface area contributed by atoms with Crippen LogP contribution in [0.3, 0.4) is 0 Å². The third-order valence-electron chi connectivity index (χ3n) is 4.36. The lowest BCUT2D eigenvalue weighted by atomic mass is 9.98. The lowest BCUT2D eigenvalue weighted by Gasteiger charge is -2.31. The molecule has 1 saturated heterocycles. The van der Waals surface area contributed by atoms with Crippen molar-refractivity contribution in [2.45, 2.75) is 18.9 Å². The molecule has 0 aliphatic carbocycles. The average molecular weight is 330 g/mol. The minimum Gasteiger partial charge on any atom is -0.490 e. The number of carboxylic acids is 1. The van der Waals surface area contributed by atoms with Crippen molar-refractivity contribution in [3.05, 3.63) is 36.5 Å². The van der Waals surface area contributed by atoms with Gasteiger partial charge in [-0.15, -0.1) is 0 Å². The van der Waals surface area contributed by atoms with Crippen molar-refractivity contribution >= 4 is 16.9 Å². The number of β-amino-alcohol motifs (C(OH)–C–C–N with tert-alkyl or cyclic N) is 1. The molecule has 1 aliphatic heterocycles. The highest BCUT2D eigenvalue weighted by atomic mass is 16.5. The van der Waals surface area contributed by atoms with Gasteiger partial charge in [-0.1, -0.05) is 6.07 Å². The van der Waals surface area contributed by atoms with E-state index in [0.29, 0.717) is 25.3 Å².